The molecule has 12 heteroatoms. The van der Waals surface area contributed by atoms with E-state index >= 15 is 0 Å². The molecular weight excluding hydrogens is 509 g/mol. The number of alkyl halides is 3. The van der Waals surface area contributed by atoms with E-state index in [1.54, 1.807) is 36.4 Å². The fourth-order valence-electron chi connectivity index (χ4n) is 3.74. The van der Waals surface area contributed by atoms with Crippen LogP contribution in [0.1, 0.15) is 21.6 Å². The van der Waals surface area contributed by atoms with Crippen LogP contribution in [0.3, 0.4) is 0 Å². The molecule has 0 spiro atoms. The summed E-state index contributed by atoms with van der Waals surface area (Å²) in [6, 6.07) is 15.2. The summed E-state index contributed by atoms with van der Waals surface area (Å²) in [5.74, 6) is -0.865. The van der Waals surface area contributed by atoms with Gasteiger partial charge in [0.2, 0.25) is 0 Å². The fraction of sp³-hybridized carbons (Fsp3) is 0.0800. The van der Waals surface area contributed by atoms with E-state index in [-0.39, 0.29) is 29.3 Å². The molecule has 0 fully saturated rings. The number of halogens is 4. The molecule has 0 aliphatic heterocycles. The second-order valence-electron chi connectivity index (χ2n) is 7.83. The highest BCUT2D eigenvalue weighted by molar-refractivity contribution is 6.34. The first-order valence-electron chi connectivity index (χ1n) is 10.8. The third-order valence-electron chi connectivity index (χ3n) is 5.43. The van der Waals surface area contributed by atoms with Crippen molar-refractivity contribution in [3.05, 3.63) is 94.9 Å². The largest absolute Gasteiger partial charge is 0.417 e. The second kappa shape index (κ2) is 9.60. The van der Waals surface area contributed by atoms with Gasteiger partial charge in [-0.05, 0) is 42.5 Å². The molecule has 0 aliphatic carbocycles. The number of rotatable bonds is 5. The number of aliphatic hydroxyl groups excluding tert-OH is 1. The van der Waals surface area contributed by atoms with Crippen LogP contribution in [0.5, 0.6) is 0 Å². The lowest BCUT2D eigenvalue weighted by atomic mass is 10.0. The molecule has 0 saturated heterocycles. The molecule has 186 valence electrons. The van der Waals surface area contributed by atoms with Gasteiger partial charge in [0.15, 0.2) is 11.6 Å². The first kappa shape index (κ1) is 24.3. The predicted octanol–water partition coefficient (Wildman–Crippen LogP) is 5.29. The minimum absolute atomic E-state index is 0.148. The molecule has 8 nitrogen and oxygen atoms in total. The number of pyridine rings is 1. The summed E-state index contributed by atoms with van der Waals surface area (Å²) in [4.78, 5) is 25.6. The first-order valence-corrected chi connectivity index (χ1v) is 11.2. The Bertz CT molecular complexity index is 1610. The zero-order chi connectivity index (χ0) is 26.2. The van der Waals surface area contributed by atoms with Crippen LogP contribution in [0.4, 0.5) is 19.0 Å². The third kappa shape index (κ3) is 4.74. The van der Waals surface area contributed by atoms with Gasteiger partial charge in [-0.25, -0.2) is 19.6 Å². The Kier molecular flexibility index (Phi) is 6.32. The van der Waals surface area contributed by atoms with E-state index in [1.165, 1.54) is 23.1 Å². The predicted molar refractivity (Wildman–Crippen MR) is 130 cm³/mol. The van der Waals surface area contributed by atoms with E-state index in [9.17, 15) is 23.1 Å². The Morgan fingerprint density at radius 3 is 2.43 bits per heavy atom. The number of hydrogen-bond acceptors (Lipinski definition) is 6. The van der Waals surface area contributed by atoms with Gasteiger partial charge in [0.05, 0.1) is 34.1 Å². The molecule has 5 rings (SSSR count). The van der Waals surface area contributed by atoms with Crippen LogP contribution in [0.2, 0.25) is 5.02 Å². The number of benzene rings is 2. The number of fused-ring (bicyclic) bond motifs is 1. The monoisotopic (exact) mass is 524 g/mol. The molecule has 0 radical (unpaired) electrons. The van der Waals surface area contributed by atoms with Gasteiger partial charge in [-0.2, -0.15) is 18.3 Å². The molecule has 0 atom stereocenters. The van der Waals surface area contributed by atoms with Gasteiger partial charge < -0.3 is 10.4 Å². The van der Waals surface area contributed by atoms with Gasteiger partial charge in [-0.1, -0.05) is 29.8 Å². The molecule has 2 aromatic carbocycles. The summed E-state index contributed by atoms with van der Waals surface area (Å²) in [7, 11) is 0. The number of anilines is 1. The molecule has 0 unspecified atom stereocenters. The number of nitrogens with one attached hydrogen (secondary N) is 1. The Hall–Kier alpha value is -4.35. The van der Waals surface area contributed by atoms with E-state index in [1.807, 2.05) is 6.07 Å². The van der Waals surface area contributed by atoms with Crippen molar-refractivity contribution in [1.29, 1.82) is 0 Å². The molecule has 5 aromatic rings. The van der Waals surface area contributed by atoms with E-state index in [2.05, 4.69) is 25.4 Å². The maximum atomic E-state index is 13.8. The number of aliphatic hydroxyl groups is 1. The van der Waals surface area contributed by atoms with E-state index < -0.39 is 28.2 Å². The van der Waals surface area contributed by atoms with Crippen molar-refractivity contribution in [3.63, 3.8) is 0 Å². The standard InChI is InChI=1S/C25H16ClF3N6O2/c26-19-12-18(25(27,28)29)16(22-30-9-4-10-31-22)11-17(19)24(37)33-23-21-20(8-7-14(13-36)32-21)34-35(23)15-5-2-1-3-6-15/h1-12,36H,13H2,(H,33,37). The summed E-state index contributed by atoms with van der Waals surface area (Å²) in [5, 5.41) is 16.3. The molecule has 37 heavy (non-hydrogen) atoms. The highest BCUT2D eigenvalue weighted by Crippen LogP contribution is 2.39. The highest BCUT2D eigenvalue weighted by atomic mass is 35.5. The molecule has 0 saturated carbocycles. The lowest BCUT2D eigenvalue weighted by Gasteiger charge is -2.15. The summed E-state index contributed by atoms with van der Waals surface area (Å²) < 4.78 is 42.8. The average Bonchev–Trinajstić information content (AvgIpc) is 3.26. The van der Waals surface area contributed by atoms with Crippen molar-refractivity contribution < 1.29 is 23.1 Å². The molecule has 0 aliphatic rings. The average molecular weight is 525 g/mol. The van der Waals surface area contributed by atoms with Crippen LogP contribution in [0, 0.1) is 0 Å². The summed E-state index contributed by atoms with van der Waals surface area (Å²) in [6.07, 6.45) is -2.17. The molecular formula is C25H16ClF3N6O2. The first-order chi connectivity index (χ1) is 17.8. The highest BCUT2D eigenvalue weighted by Gasteiger charge is 2.36. The number of amides is 1. The number of para-hydroxylation sites is 1. The number of carbonyl (C=O) groups excluding carboxylic acids is 1. The van der Waals surface area contributed by atoms with Gasteiger partial charge in [0, 0.05) is 18.0 Å². The smallest absolute Gasteiger partial charge is 0.390 e. The Labute approximate surface area is 212 Å². The molecule has 3 aromatic heterocycles. The minimum atomic E-state index is -4.76. The minimum Gasteiger partial charge on any atom is -0.390 e. The second-order valence-corrected chi connectivity index (χ2v) is 8.23. The zero-order valence-electron chi connectivity index (χ0n) is 18.7. The van der Waals surface area contributed by atoms with Crippen molar-refractivity contribution in [1.82, 2.24) is 24.7 Å². The quantitative estimate of drug-likeness (QED) is 0.323. The summed E-state index contributed by atoms with van der Waals surface area (Å²) >= 11 is 6.18. The van der Waals surface area contributed by atoms with Gasteiger partial charge in [0.25, 0.3) is 5.91 Å². The number of nitrogens with zero attached hydrogens (tertiary/aromatic N) is 5. The van der Waals surface area contributed by atoms with Crippen LogP contribution in [-0.4, -0.2) is 35.7 Å². The topological polar surface area (TPSA) is 106 Å². The summed E-state index contributed by atoms with van der Waals surface area (Å²) in [6.45, 7) is -0.342. The van der Waals surface area contributed by atoms with E-state index in [0.29, 0.717) is 23.0 Å². The van der Waals surface area contributed by atoms with Crippen LogP contribution in [-0.2, 0) is 12.8 Å². The molecule has 0 bridgehead atoms. The molecule has 2 N–H and O–H groups in total. The Morgan fingerprint density at radius 2 is 1.76 bits per heavy atom. The number of hydrogen-bond donors (Lipinski definition) is 2. The lowest BCUT2D eigenvalue weighted by molar-refractivity contribution is -0.137. The van der Waals surface area contributed by atoms with Gasteiger partial charge in [0.1, 0.15) is 11.0 Å². The SMILES string of the molecule is O=C(Nc1c2nc(CO)ccc2nn1-c1ccccc1)c1cc(-c2ncccn2)c(C(F)(F)F)cc1Cl. The van der Waals surface area contributed by atoms with Crippen molar-refractivity contribution in [2.24, 2.45) is 0 Å². The lowest BCUT2D eigenvalue weighted by Crippen LogP contribution is -2.17. The van der Waals surface area contributed by atoms with Gasteiger partial charge in [-0.15, -0.1) is 0 Å². The van der Waals surface area contributed by atoms with Crippen molar-refractivity contribution in [3.8, 4) is 17.1 Å². The maximum Gasteiger partial charge on any atom is 0.417 e. The van der Waals surface area contributed by atoms with Crippen LogP contribution >= 0.6 is 11.6 Å². The van der Waals surface area contributed by atoms with Crippen LogP contribution in [0.25, 0.3) is 28.1 Å². The van der Waals surface area contributed by atoms with Gasteiger partial charge in [-0.3, -0.25) is 4.79 Å². The molecule has 1 amide bonds. The zero-order valence-corrected chi connectivity index (χ0v) is 19.5. The normalized spacial score (nSPS) is 11.6. The Balaban J connectivity index is 1.64. The maximum absolute atomic E-state index is 13.8. The number of carbonyl (C=O) groups is 1. The number of aromatic nitrogens is 5. The molecule has 3 heterocycles. The van der Waals surface area contributed by atoms with Crippen LogP contribution in [0.15, 0.2) is 73.1 Å². The summed E-state index contributed by atoms with van der Waals surface area (Å²) in [5.41, 5.74) is -0.0694. The van der Waals surface area contributed by atoms with E-state index in [0.717, 1.165) is 6.07 Å². The third-order valence-corrected chi connectivity index (χ3v) is 5.75. The van der Waals surface area contributed by atoms with Crippen LogP contribution < -0.4 is 5.32 Å². The van der Waals surface area contributed by atoms with E-state index in [4.69, 9.17) is 11.6 Å². The van der Waals surface area contributed by atoms with Crippen molar-refractivity contribution >= 4 is 34.4 Å². The fourth-order valence-corrected chi connectivity index (χ4v) is 3.99. The Morgan fingerprint density at radius 1 is 1.03 bits per heavy atom. The van der Waals surface area contributed by atoms with Crippen molar-refractivity contribution in [2.75, 3.05) is 5.32 Å². The van der Waals surface area contributed by atoms with Crippen molar-refractivity contribution in [2.45, 2.75) is 12.8 Å². The van der Waals surface area contributed by atoms with Gasteiger partial charge >= 0.3 is 6.18 Å².